The van der Waals surface area contributed by atoms with Crippen LogP contribution in [0.15, 0.2) is 22.7 Å². The van der Waals surface area contributed by atoms with Gasteiger partial charge in [0.2, 0.25) is 0 Å². The van der Waals surface area contributed by atoms with Crippen molar-refractivity contribution < 1.29 is 19.6 Å². The largest absolute Gasteiger partial charge is 0.480 e. The second-order valence-corrected chi connectivity index (χ2v) is 5.75. The van der Waals surface area contributed by atoms with Crippen LogP contribution in [0.1, 0.15) is 24.2 Å². The molecule has 0 spiro atoms. The SMILES string of the molecule is CC(C)CN(CC(=O)O)C(=O)c1cc([N+](=O)[O-])ccc1Br. The monoisotopic (exact) mass is 358 g/mol. The summed E-state index contributed by atoms with van der Waals surface area (Å²) in [6, 6.07) is 3.81. The highest BCUT2D eigenvalue weighted by Crippen LogP contribution is 2.24. The van der Waals surface area contributed by atoms with Gasteiger partial charge in [0.15, 0.2) is 0 Å². The molecule has 0 heterocycles. The zero-order chi connectivity index (χ0) is 16.2. The van der Waals surface area contributed by atoms with E-state index in [1.165, 1.54) is 12.1 Å². The molecule has 114 valence electrons. The third kappa shape index (κ3) is 4.82. The number of rotatable bonds is 6. The molecular formula is C13H15BrN2O5. The Morgan fingerprint density at radius 1 is 1.43 bits per heavy atom. The summed E-state index contributed by atoms with van der Waals surface area (Å²) in [5.41, 5.74) is -0.146. The number of hydrogen-bond donors (Lipinski definition) is 1. The molecular weight excluding hydrogens is 344 g/mol. The molecule has 0 radical (unpaired) electrons. The minimum absolute atomic E-state index is 0.0748. The van der Waals surface area contributed by atoms with Crippen LogP contribution in [0.25, 0.3) is 0 Å². The van der Waals surface area contributed by atoms with Gasteiger partial charge in [-0.1, -0.05) is 13.8 Å². The number of nitro benzene ring substituents is 1. The molecule has 1 rings (SSSR count). The number of carbonyl (C=O) groups is 2. The average Bonchev–Trinajstić information content (AvgIpc) is 2.36. The maximum absolute atomic E-state index is 12.4. The summed E-state index contributed by atoms with van der Waals surface area (Å²) in [5, 5.41) is 19.7. The summed E-state index contributed by atoms with van der Waals surface area (Å²) < 4.78 is 0.386. The lowest BCUT2D eigenvalue weighted by molar-refractivity contribution is -0.384. The number of benzene rings is 1. The summed E-state index contributed by atoms with van der Waals surface area (Å²) in [6.45, 7) is 3.50. The molecule has 0 bridgehead atoms. The van der Waals surface area contributed by atoms with Gasteiger partial charge in [0.1, 0.15) is 6.54 Å². The van der Waals surface area contributed by atoms with E-state index in [4.69, 9.17) is 5.11 Å². The third-order valence-electron chi connectivity index (χ3n) is 2.59. The molecule has 21 heavy (non-hydrogen) atoms. The molecule has 0 saturated heterocycles. The number of carboxylic acids is 1. The molecule has 1 amide bonds. The van der Waals surface area contributed by atoms with Crippen molar-refractivity contribution in [1.82, 2.24) is 4.90 Å². The number of amides is 1. The van der Waals surface area contributed by atoms with E-state index in [0.717, 1.165) is 11.0 Å². The number of nitrogens with zero attached hydrogens (tertiary/aromatic N) is 2. The molecule has 0 aliphatic carbocycles. The molecule has 0 atom stereocenters. The third-order valence-corrected chi connectivity index (χ3v) is 3.28. The lowest BCUT2D eigenvalue weighted by atomic mass is 10.1. The van der Waals surface area contributed by atoms with Crippen LogP contribution in [0.2, 0.25) is 0 Å². The molecule has 0 aliphatic heterocycles. The van der Waals surface area contributed by atoms with Crippen molar-refractivity contribution in [1.29, 1.82) is 0 Å². The highest BCUT2D eigenvalue weighted by Gasteiger charge is 2.23. The lowest BCUT2D eigenvalue weighted by Crippen LogP contribution is -2.38. The van der Waals surface area contributed by atoms with E-state index in [-0.39, 0.29) is 23.7 Å². The Morgan fingerprint density at radius 3 is 2.52 bits per heavy atom. The van der Waals surface area contributed by atoms with Gasteiger partial charge in [-0.15, -0.1) is 0 Å². The molecule has 0 unspecified atom stereocenters. The van der Waals surface area contributed by atoms with Crippen LogP contribution in [0, 0.1) is 16.0 Å². The van der Waals surface area contributed by atoms with Gasteiger partial charge >= 0.3 is 5.97 Å². The van der Waals surface area contributed by atoms with Crippen molar-refractivity contribution in [3.8, 4) is 0 Å². The molecule has 1 N–H and O–H groups in total. The maximum atomic E-state index is 12.4. The first-order valence-electron chi connectivity index (χ1n) is 6.17. The van der Waals surface area contributed by atoms with Crippen LogP contribution in [0.5, 0.6) is 0 Å². The van der Waals surface area contributed by atoms with Crippen molar-refractivity contribution >= 4 is 33.5 Å². The Hall–Kier alpha value is -1.96. The van der Waals surface area contributed by atoms with Gasteiger partial charge in [-0.2, -0.15) is 0 Å². The van der Waals surface area contributed by atoms with Gasteiger partial charge in [-0.25, -0.2) is 0 Å². The Bertz CT molecular complexity index is 574. The predicted molar refractivity (Wildman–Crippen MR) is 79.2 cm³/mol. The van der Waals surface area contributed by atoms with E-state index >= 15 is 0 Å². The van der Waals surface area contributed by atoms with E-state index in [1.54, 1.807) is 0 Å². The molecule has 8 heteroatoms. The van der Waals surface area contributed by atoms with Crippen molar-refractivity contribution in [2.75, 3.05) is 13.1 Å². The smallest absolute Gasteiger partial charge is 0.323 e. The Labute approximate surface area is 129 Å². The van der Waals surface area contributed by atoms with E-state index < -0.39 is 23.3 Å². The van der Waals surface area contributed by atoms with Gasteiger partial charge in [0.25, 0.3) is 11.6 Å². The lowest BCUT2D eigenvalue weighted by Gasteiger charge is -2.23. The first-order chi connectivity index (χ1) is 9.72. The molecule has 0 fully saturated rings. The summed E-state index contributed by atoms with van der Waals surface area (Å²) in [4.78, 5) is 34.6. The zero-order valence-electron chi connectivity index (χ0n) is 11.6. The first kappa shape index (κ1) is 17.1. The van der Waals surface area contributed by atoms with Crippen LogP contribution < -0.4 is 0 Å². The minimum Gasteiger partial charge on any atom is -0.480 e. The van der Waals surface area contributed by atoms with Gasteiger partial charge < -0.3 is 10.0 Å². The quantitative estimate of drug-likeness (QED) is 0.621. The topological polar surface area (TPSA) is 101 Å². The van der Waals surface area contributed by atoms with Crippen LogP contribution in [-0.4, -0.2) is 39.9 Å². The molecule has 0 saturated carbocycles. The van der Waals surface area contributed by atoms with Crippen molar-refractivity contribution in [3.63, 3.8) is 0 Å². The van der Waals surface area contributed by atoms with Crippen LogP contribution in [0.4, 0.5) is 5.69 Å². The second-order valence-electron chi connectivity index (χ2n) is 4.89. The molecule has 1 aromatic carbocycles. The number of halogens is 1. The Morgan fingerprint density at radius 2 is 2.05 bits per heavy atom. The fourth-order valence-electron chi connectivity index (χ4n) is 1.78. The highest BCUT2D eigenvalue weighted by atomic mass is 79.9. The van der Waals surface area contributed by atoms with Crippen molar-refractivity contribution in [3.05, 3.63) is 38.3 Å². The van der Waals surface area contributed by atoms with Gasteiger partial charge in [0, 0.05) is 23.2 Å². The highest BCUT2D eigenvalue weighted by molar-refractivity contribution is 9.10. The minimum atomic E-state index is -1.13. The van der Waals surface area contributed by atoms with Crippen molar-refractivity contribution in [2.24, 2.45) is 5.92 Å². The average molecular weight is 359 g/mol. The fourth-order valence-corrected chi connectivity index (χ4v) is 2.20. The number of carbonyl (C=O) groups excluding carboxylic acids is 1. The molecule has 0 aliphatic rings. The van der Waals surface area contributed by atoms with Crippen LogP contribution >= 0.6 is 15.9 Å². The second kappa shape index (κ2) is 7.16. The van der Waals surface area contributed by atoms with E-state index in [1.807, 2.05) is 13.8 Å². The maximum Gasteiger partial charge on any atom is 0.323 e. The number of aliphatic carboxylic acids is 1. The normalized spacial score (nSPS) is 10.5. The van der Waals surface area contributed by atoms with Gasteiger partial charge in [-0.3, -0.25) is 19.7 Å². The predicted octanol–water partition coefficient (Wildman–Crippen LogP) is 2.54. The summed E-state index contributed by atoms with van der Waals surface area (Å²) in [5.74, 6) is -1.61. The van der Waals surface area contributed by atoms with Gasteiger partial charge in [0.05, 0.1) is 10.5 Å². The summed E-state index contributed by atoms with van der Waals surface area (Å²) >= 11 is 3.16. The van der Waals surface area contributed by atoms with Crippen LogP contribution in [0.3, 0.4) is 0 Å². The number of non-ortho nitro benzene ring substituents is 1. The molecule has 0 aromatic heterocycles. The molecule has 1 aromatic rings. The Balaban J connectivity index is 3.15. The van der Waals surface area contributed by atoms with Crippen LogP contribution in [-0.2, 0) is 4.79 Å². The van der Waals surface area contributed by atoms with E-state index in [2.05, 4.69) is 15.9 Å². The van der Waals surface area contributed by atoms with Crippen molar-refractivity contribution in [2.45, 2.75) is 13.8 Å². The zero-order valence-corrected chi connectivity index (χ0v) is 13.2. The number of carboxylic acid groups (broad SMARTS) is 1. The summed E-state index contributed by atoms with van der Waals surface area (Å²) in [6.07, 6.45) is 0. The van der Waals surface area contributed by atoms with E-state index in [9.17, 15) is 19.7 Å². The van der Waals surface area contributed by atoms with Gasteiger partial charge in [-0.05, 0) is 27.9 Å². The standard InChI is InChI=1S/C13H15BrN2O5/c1-8(2)6-15(7-12(17)18)13(19)10-5-9(16(20)21)3-4-11(10)14/h3-5,8H,6-7H2,1-2H3,(H,17,18). The molecule has 7 nitrogen and oxygen atoms in total. The fraction of sp³-hybridized carbons (Fsp3) is 0.385. The first-order valence-corrected chi connectivity index (χ1v) is 6.96. The Kier molecular flexibility index (Phi) is 5.83. The number of hydrogen-bond acceptors (Lipinski definition) is 4. The summed E-state index contributed by atoms with van der Waals surface area (Å²) in [7, 11) is 0. The number of nitro groups is 1. The van der Waals surface area contributed by atoms with E-state index in [0.29, 0.717) is 4.47 Å².